The number of nitrogens with one attached hydrogen (secondary N) is 1. The third kappa shape index (κ3) is 4.29. The van der Waals surface area contributed by atoms with Crippen molar-refractivity contribution in [3.05, 3.63) is 65.6 Å². The Kier molecular flexibility index (Phi) is 5.15. The van der Waals surface area contributed by atoms with E-state index in [1.807, 2.05) is 0 Å². The Hall–Kier alpha value is -3.83. The molecule has 12 heteroatoms. The summed E-state index contributed by atoms with van der Waals surface area (Å²) in [5.41, 5.74) is -1.37. The van der Waals surface area contributed by atoms with Gasteiger partial charge in [-0.25, -0.2) is 15.0 Å². The van der Waals surface area contributed by atoms with E-state index in [0.717, 1.165) is 18.3 Å². The SMILES string of the molecule is Cc1cc(Nc2ccc(C(F)(F)F)cn2)c2ccc(-c3nnccc3C(F)(F)F)nc2n1. The molecule has 0 atom stereocenters. The van der Waals surface area contributed by atoms with E-state index < -0.39 is 29.2 Å². The maximum absolute atomic E-state index is 13.3. The van der Waals surface area contributed by atoms with Gasteiger partial charge in [-0.1, -0.05) is 0 Å². The van der Waals surface area contributed by atoms with Gasteiger partial charge in [-0.3, -0.25) is 0 Å². The van der Waals surface area contributed by atoms with Crippen LogP contribution in [0.5, 0.6) is 0 Å². The molecule has 0 unspecified atom stereocenters. The Bertz CT molecular complexity index is 1280. The second-order valence-electron chi connectivity index (χ2n) is 6.72. The van der Waals surface area contributed by atoms with Crippen LogP contribution in [0.4, 0.5) is 37.8 Å². The number of anilines is 2. The van der Waals surface area contributed by atoms with E-state index in [9.17, 15) is 26.3 Å². The van der Waals surface area contributed by atoms with Gasteiger partial charge in [0.1, 0.15) is 11.5 Å². The number of aryl methyl sites for hydroxylation is 1. The minimum atomic E-state index is -4.65. The first-order valence-corrected chi connectivity index (χ1v) is 9.00. The molecule has 4 aromatic rings. The lowest BCUT2D eigenvalue weighted by atomic mass is 10.1. The van der Waals surface area contributed by atoms with E-state index in [4.69, 9.17) is 0 Å². The molecular weight excluding hydrogens is 438 g/mol. The largest absolute Gasteiger partial charge is 0.418 e. The number of fused-ring (bicyclic) bond motifs is 1. The average molecular weight is 450 g/mol. The molecule has 0 aliphatic rings. The van der Waals surface area contributed by atoms with Gasteiger partial charge in [-0.15, -0.1) is 5.10 Å². The third-order valence-electron chi connectivity index (χ3n) is 4.42. The first-order valence-electron chi connectivity index (χ1n) is 9.00. The van der Waals surface area contributed by atoms with E-state index in [1.165, 1.54) is 18.2 Å². The molecule has 0 fully saturated rings. The summed E-state index contributed by atoms with van der Waals surface area (Å²) in [6.07, 6.45) is -7.53. The Morgan fingerprint density at radius 1 is 0.875 bits per heavy atom. The Balaban J connectivity index is 1.75. The lowest BCUT2D eigenvalue weighted by Crippen LogP contribution is -2.10. The lowest BCUT2D eigenvalue weighted by molar-refractivity contribution is -0.138. The maximum atomic E-state index is 13.3. The third-order valence-corrected chi connectivity index (χ3v) is 4.42. The highest BCUT2D eigenvalue weighted by Gasteiger charge is 2.35. The molecule has 0 amide bonds. The first kappa shape index (κ1) is 21.4. The predicted octanol–water partition coefficient (Wildman–Crippen LogP) is 5.57. The van der Waals surface area contributed by atoms with Crippen LogP contribution in [0.3, 0.4) is 0 Å². The summed E-state index contributed by atoms with van der Waals surface area (Å²) >= 11 is 0. The van der Waals surface area contributed by atoms with Crippen LogP contribution in [0.2, 0.25) is 0 Å². The molecule has 4 heterocycles. The Labute approximate surface area is 176 Å². The second-order valence-corrected chi connectivity index (χ2v) is 6.72. The van der Waals surface area contributed by atoms with Crippen molar-refractivity contribution < 1.29 is 26.3 Å². The number of pyridine rings is 3. The van der Waals surface area contributed by atoms with Crippen molar-refractivity contribution >= 4 is 22.5 Å². The van der Waals surface area contributed by atoms with Gasteiger partial charge in [0, 0.05) is 17.3 Å². The molecule has 0 aliphatic carbocycles. The quantitative estimate of drug-likeness (QED) is 0.411. The van der Waals surface area contributed by atoms with Gasteiger partial charge < -0.3 is 5.32 Å². The molecule has 0 aliphatic heterocycles. The minimum absolute atomic E-state index is 0.0744. The van der Waals surface area contributed by atoms with Crippen LogP contribution in [0.1, 0.15) is 16.8 Å². The van der Waals surface area contributed by atoms with Crippen molar-refractivity contribution in [3.63, 3.8) is 0 Å². The fourth-order valence-electron chi connectivity index (χ4n) is 2.99. The van der Waals surface area contributed by atoms with Crippen molar-refractivity contribution in [2.24, 2.45) is 0 Å². The van der Waals surface area contributed by atoms with Gasteiger partial charge >= 0.3 is 12.4 Å². The van der Waals surface area contributed by atoms with E-state index in [1.54, 1.807) is 13.0 Å². The van der Waals surface area contributed by atoms with Crippen LogP contribution in [-0.2, 0) is 12.4 Å². The first-order chi connectivity index (χ1) is 15.0. The molecule has 4 rings (SSSR count). The van der Waals surface area contributed by atoms with Crippen LogP contribution in [0.25, 0.3) is 22.4 Å². The van der Waals surface area contributed by atoms with E-state index in [0.29, 0.717) is 23.0 Å². The van der Waals surface area contributed by atoms with Gasteiger partial charge in [0.25, 0.3) is 0 Å². The molecule has 0 bridgehead atoms. The molecule has 0 aromatic carbocycles. The molecule has 1 N–H and O–H groups in total. The standard InChI is InChI=1S/C20H12F6N6/c1-10-8-15(30-16-5-2-11(9-27-16)19(21,22)23)12-3-4-14(31-18(12)29-10)17-13(20(24,25)26)6-7-28-32-17/h2-9H,1H3,(H,27,29,30,31). The monoisotopic (exact) mass is 450 g/mol. The molecule has 0 radical (unpaired) electrons. The van der Waals surface area contributed by atoms with Gasteiger partial charge in [-0.2, -0.15) is 31.4 Å². The Morgan fingerprint density at radius 3 is 2.31 bits per heavy atom. The number of alkyl halides is 6. The molecule has 0 saturated carbocycles. The van der Waals surface area contributed by atoms with Crippen LogP contribution < -0.4 is 5.32 Å². The van der Waals surface area contributed by atoms with Crippen molar-refractivity contribution in [2.75, 3.05) is 5.32 Å². The molecule has 0 spiro atoms. The highest BCUT2D eigenvalue weighted by Crippen LogP contribution is 2.36. The van der Waals surface area contributed by atoms with Crippen LogP contribution in [0.15, 0.2) is 48.8 Å². The minimum Gasteiger partial charge on any atom is -0.340 e. The van der Waals surface area contributed by atoms with Crippen LogP contribution in [-0.4, -0.2) is 25.1 Å². The fourth-order valence-corrected chi connectivity index (χ4v) is 2.99. The van der Waals surface area contributed by atoms with Gasteiger partial charge in [0.05, 0.1) is 28.7 Å². The highest BCUT2D eigenvalue weighted by atomic mass is 19.4. The van der Waals surface area contributed by atoms with Crippen LogP contribution >= 0.6 is 0 Å². The van der Waals surface area contributed by atoms with Crippen LogP contribution in [0, 0.1) is 6.92 Å². The zero-order chi connectivity index (χ0) is 23.1. The van der Waals surface area contributed by atoms with Gasteiger partial charge in [-0.05, 0) is 43.3 Å². The summed E-state index contributed by atoms with van der Waals surface area (Å²) in [5.74, 6) is 0.141. The van der Waals surface area contributed by atoms with Gasteiger partial charge in [0.15, 0.2) is 5.65 Å². The van der Waals surface area contributed by atoms with E-state index >= 15 is 0 Å². The van der Waals surface area contributed by atoms with Gasteiger partial charge in [0.2, 0.25) is 0 Å². The number of aromatic nitrogens is 5. The molecule has 32 heavy (non-hydrogen) atoms. The summed E-state index contributed by atoms with van der Waals surface area (Å²) in [7, 11) is 0. The molecule has 6 nitrogen and oxygen atoms in total. The molecular formula is C20H12F6N6. The second kappa shape index (κ2) is 7.70. The number of hydrogen-bond donors (Lipinski definition) is 1. The smallest absolute Gasteiger partial charge is 0.340 e. The number of halogens is 6. The highest BCUT2D eigenvalue weighted by molar-refractivity contribution is 5.92. The van der Waals surface area contributed by atoms with Crippen molar-refractivity contribution in [1.29, 1.82) is 0 Å². The topological polar surface area (TPSA) is 76.5 Å². The number of hydrogen-bond acceptors (Lipinski definition) is 6. The molecule has 4 aromatic heterocycles. The summed E-state index contributed by atoms with van der Waals surface area (Å²) in [6.45, 7) is 1.64. The number of nitrogens with zero attached hydrogens (tertiary/aromatic N) is 5. The average Bonchev–Trinajstić information content (AvgIpc) is 2.72. The maximum Gasteiger partial charge on any atom is 0.418 e. The van der Waals surface area contributed by atoms with Crippen molar-refractivity contribution in [2.45, 2.75) is 19.3 Å². The summed E-state index contributed by atoms with van der Waals surface area (Å²) in [6, 6.07) is 7.30. The Morgan fingerprint density at radius 2 is 1.66 bits per heavy atom. The molecule has 164 valence electrons. The normalized spacial score (nSPS) is 12.2. The summed E-state index contributed by atoms with van der Waals surface area (Å²) in [4.78, 5) is 12.2. The fraction of sp³-hybridized carbons (Fsp3) is 0.150. The predicted molar refractivity (Wildman–Crippen MR) is 103 cm³/mol. The lowest BCUT2D eigenvalue weighted by Gasteiger charge is -2.13. The summed E-state index contributed by atoms with van der Waals surface area (Å²) < 4.78 is 78.2. The van der Waals surface area contributed by atoms with E-state index in [2.05, 4.69) is 30.5 Å². The summed E-state index contributed by atoms with van der Waals surface area (Å²) in [5, 5.41) is 10.4. The number of rotatable bonds is 3. The molecule has 0 saturated heterocycles. The van der Waals surface area contributed by atoms with Crippen molar-refractivity contribution in [3.8, 4) is 11.4 Å². The van der Waals surface area contributed by atoms with Crippen molar-refractivity contribution in [1.82, 2.24) is 25.1 Å². The zero-order valence-electron chi connectivity index (χ0n) is 16.1. The van der Waals surface area contributed by atoms with E-state index in [-0.39, 0.29) is 17.2 Å². The zero-order valence-corrected chi connectivity index (χ0v) is 16.1.